The summed E-state index contributed by atoms with van der Waals surface area (Å²) < 4.78 is 16.8. The van der Waals surface area contributed by atoms with Gasteiger partial charge in [-0.15, -0.1) is 0 Å². The van der Waals surface area contributed by atoms with Gasteiger partial charge in [-0.1, -0.05) is 243 Å². The van der Waals surface area contributed by atoms with Gasteiger partial charge in [-0.05, 0) is 83.5 Å². The number of ether oxygens (including phenoxy) is 3. The van der Waals surface area contributed by atoms with Crippen LogP contribution in [0.1, 0.15) is 297 Å². The SMILES string of the molecule is CCCCCCC/C=C\C/C=C\C/C=C\CCCCCCCCC(=O)OCC(COC(=O)CCCCCCCCCC)OC(=O)CCCCCCCCCCC/C=C\CCCCCCCC. The molecule has 66 heavy (non-hydrogen) atoms. The number of rotatable bonds is 52. The molecule has 0 aliphatic rings. The Morgan fingerprint density at radius 2 is 0.545 bits per heavy atom. The smallest absolute Gasteiger partial charge is 0.306 e. The molecule has 1 atom stereocenters. The lowest BCUT2D eigenvalue weighted by Crippen LogP contribution is -2.30. The normalized spacial score (nSPS) is 12.3. The van der Waals surface area contributed by atoms with Crippen molar-refractivity contribution in [1.82, 2.24) is 0 Å². The minimum Gasteiger partial charge on any atom is -0.462 e. The maximum atomic E-state index is 12.8. The molecule has 0 aromatic rings. The fraction of sp³-hybridized carbons (Fsp3) is 0.817. The first-order valence-electron chi connectivity index (χ1n) is 28.6. The van der Waals surface area contributed by atoms with Gasteiger partial charge in [0.1, 0.15) is 13.2 Å². The molecule has 0 aliphatic heterocycles. The van der Waals surface area contributed by atoms with Gasteiger partial charge in [0.25, 0.3) is 0 Å². The minimum atomic E-state index is -0.776. The van der Waals surface area contributed by atoms with Gasteiger partial charge in [0.05, 0.1) is 0 Å². The highest BCUT2D eigenvalue weighted by Gasteiger charge is 2.19. The van der Waals surface area contributed by atoms with Crippen molar-refractivity contribution in [3.05, 3.63) is 48.6 Å². The molecule has 384 valence electrons. The Bertz CT molecular complexity index is 1150. The molecule has 0 aromatic carbocycles. The Labute approximate surface area is 409 Å². The number of unbranched alkanes of at least 4 members (excludes halogenated alkanes) is 33. The maximum Gasteiger partial charge on any atom is 0.306 e. The molecule has 0 N–H and O–H groups in total. The Kier molecular flexibility index (Phi) is 52.8. The van der Waals surface area contributed by atoms with E-state index in [9.17, 15) is 14.4 Å². The zero-order valence-corrected chi connectivity index (χ0v) is 44.0. The predicted molar refractivity (Wildman–Crippen MR) is 284 cm³/mol. The Morgan fingerprint density at radius 3 is 0.864 bits per heavy atom. The van der Waals surface area contributed by atoms with Gasteiger partial charge < -0.3 is 14.2 Å². The molecule has 0 spiro atoms. The van der Waals surface area contributed by atoms with E-state index < -0.39 is 6.10 Å². The predicted octanol–water partition coefficient (Wildman–Crippen LogP) is 19.0. The molecule has 0 heterocycles. The molecule has 0 aromatic heterocycles. The highest BCUT2D eigenvalue weighted by molar-refractivity contribution is 5.71. The first-order chi connectivity index (χ1) is 32.5. The number of esters is 3. The lowest BCUT2D eigenvalue weighted by atomic mass is 10.1. The summed E-state index contributed by atoms with van der Waals surface area (Å²) in [6, 6.07) is 0. The summed E-state index contributed by atoms with van der Waals surface area (Å²) in [5.74, 6) is -0.884. The number of carbonyl (C=O) groups excluding carboxylic acids is 3. The fourth-order valence-corrected chi connectivity index (χ4v) is 8.21. The molecule has 0 bridgehead atoms. The minimum absolute atomic E-state index is 0.0762. The monoisotopic (exact) mass is 925 g/mol. The van der Waals surface area contributed by atoms with E-state index in [1.807, 2.05) is 0 Å². The molecule has 0 rings (SSSR count). The fourth-order valence-electron chi connectivity index (χ4n) is 8.21. The van der Waals surface area contributed by atoms with Crippen molar-refractivity contribution in [1.29, 1.82) is 0 Å². The molecule has 0 radical (unpaired) electrons. The van der Waals surface area contributed by atoms with E-state index in [0.29, 0.717) is 19.3 Å². The van der Waals surface area contributed by atoms with Gasteiger partial charge in [0.15, 0.2) is 6.10 Å². The highest BCUT2D eigenvalue weighted by Crippen LogP contribution is 2.15. The van der Waals surface area contributed by atoms with Crippen LogP contribution in [0.2, 0.25) is 0 Å². The molecule has 0 fully saturated rings. The van der Waals surface area contributed by atoms with Crippen LogP contribution in [0.25, 0.3) is 0 Å². The van der Waals surface area contributed by atoms with Crippen molar-refractivity contribution in [3.63, 3.8) is 0 Å². The van der Waals surface area contributed by atoms with E-state index in [1.54, 1.807) is 0 Å². The molecule has 0 amide bonds. The van der Waals surface area contributed by atoms with Crippen LogP contribution in [0, 0.1) is 0 Å². The number of carbonyl (C=O) groups is 3. The molecule has 6 nitrogen and oxygen atoms in total. The van der Waals surface area contributed by atoms with Gasteiger partial charge in [0, 0.05) is 19.3 Å². The lowest BCUT2D eigenvalue weighted by molar-refractivity contribution is -0.167. The summed E-state index contributed by atoms with van der Waals surface area (Å²) in [5, 5.41) is 0. The lowest BCUT2D eigenvalue weighted by Gasteiger charge is -2.18. The molecule has 6 heteroatoms. The van der Waals surface area contributed by atoms with Crippen molar-refractivity contribution in [3.8, 4) is 0 Å². The van der Waals surface area contributed by atoms with Gasteiger partial charge in [-0.2, -0.15) is 0 Å². The zero-order chi connectivity index (χ0) is 47.9. The highest BCUT2D eigenvalue weighted by atomic mass is 16.6. The van der Waals surface area contributed by atoms with Gasteiger partial charge >= 0.3 is 17.9 Å². The van der Waals surface area contributed by atoms with E-state index in [2.05, 4.69) is 69.4 Å². The topological polar surface area (TPSA) is 78.9 Å². The molecule has 1 unspecified atom stereocenters. The quantitative estimate of drug-likeness (QED) is 0.0262. The molecule has 0 aliphatic carbocycles. The number of hydrogen-bond acceptors (Lipinski definition) is 6. The van der Waals surface area contributed by atoms with Gasteiger partial charge in [-0.3, -0.25) is 14.4 Å². The van der Waals surface area contributed by atoms with Crippen LogP contribution in [0.4, 0.5) is 0 Å². The van der Waals surface area contributed by atoms with E-state index >= 15 is 0 Å². The van der Waals surface area contributed by atoms with Crippen molar-refractivity contribution in [2.45, 2.75) is 303 Å². The Morgan fingerprint density at radius 1 is 0.303 bits per heavy atom. The van der Waals surface area contributed by atoms with E-state index in [4.69, 9.17) is 14.2 Å². The van der Waals surface area contributed by atoms with Crippen molar-refractivity contribution >= 4 is 17.9 Å². The second-order valence-corrected chi connectivity index (χ2v) is 19.2. The largest absolute Gasteiger partial charge is 0.462 e. The van der Waals surface area contributed by atoms with Crippen LogP contribution >= 0.6 is 0 Å². The molecular weight excluding hydrogens is 817 g/mol. The molecule has 0 saturated carbocycles. The summed E-state index contributed by atoms with van der Waals surface area (Å²) in [6.45, 7) is 6.61. The van der Waals surface area contributed by atoms with Gasteiger partial charge in [0.2, 0.25) is 0 Å². The average Bonchev–Trinajstić information content (AvgIpc) is 3.31. The average molecular weight is 926 g/mol. The summed E-state index contributed by atoms with van der Waals surface area (Å²) in [4.78, 5) is 38.0. The summed E-state index contributed by atoms with van der Waals surface area (Å²) in [6.07, 6.45) is 66.8. The second kappa shape index (κ2) is 55.0. The van der Waals surface area contributed by atoms with E-state index in [1.165, 1.54) is 180 Å². The van der Waals surface area contributed by atoms with Crippen LogP contribution in [-0.4, -0.2) is 37.2 Å². The number of hydrogen-bond donors (Lipinski definition) is 0. The molecule has 0 saturated heterocycles. The maximum absolute atomic E-state index is 12.8. The third-order valence-electron chi connectivity index (χ3n) is 12.6. The first-order valence-corrected chi connectivity index (χ1v) is 28.6. The zero-order valence-electron chi connectivity index (χ0n) is 44.0. The van der Waals surface area contributed by atoms with E-state index in [0.717, 1.165) is 77.0 Å². The Hall–Kier alpha value is -2.63. The summed E-state index contributed by atoms with van der Waals surface area (Å²) in [7, 11) is 0. The second-order valence-electron chi connectivity index (χ2n) is 19.2. The van der Waals surface area contributed by atoms with Crippen LogP contribution in [0.15, 0.2) is 48.6 Å². The van der Waals surface area contributed by atoms with Gasteiger partial charge in [-0.25, -0.2) is 0 Å². The number of allylic oxidation sites excluding steroid dienone is 8. The van der Waals surface area contributed by atoms with Crippen LogP contribution in [0.3, 0.4) is 0 Å². The van der Waals surface area contributed by atoms with Crippen LogP contribution in [-0.2, 0) is 28.6 Å². The van der Waals surface area contributed by atoms with Crippen molar-refractivity contribution < 1.29 is 28.6 Å². The van der Waals surface area contributed by atoms with Crippen molar-refractivity contribution in [2.75, 3.05) is 13.2 Å². The molecular formula is C60H108O6. The summed E-state index contributed by atoms with van der Waals surface area (Å²) >= 11 is 0. The summed E-state index contributed by atoms with van der Waals surface area (Å²) in [5.41, 5.74) is 0. The third-order valence-corrected chi connectivity index (χ3v) is 12.6. The van der Waals surface area contributed by atoms with Crippen LogP contribution in [0.5, 0.6) is 0 Å². The van der Waals surface area contributed by atoms with Crippen molar-refractivity contribution in [2.24, 2.45) is 0 Å². The van der Waals surface area contributed by atoms with Crippen LogP contribution < -0.4 is 0 Å². The first kappa shape index (κ1) is 63.4. The third kappa shape index (κ3) is 52.3. The standard InChI is InChI=1S/C60H108O6/c1-4-7-10-13-16-19-21-23-25-27-29-30-32-33-35-37-39-41-44-47-50-53-59(62)65-56-57(55-64-58(61)52-49-46-43-18-15-12-9-6-3)66-60(63)54-51-48-45-42-40-38-36-34-31-28-26-24-22-20-17-14-11-8-5-2/h21,23-24,26-27,29,32-33,57H,4-20,22,25,28,30-31,34-56H2,1-3H3/b23-21-,26-24-,29-27-,33-32-. The van der Waals surface area contributed by atoms with E-state index in [-0.39, 0.29) is 31.1 Å². The Balaban J connectivity index is 4.26.